The Kier molecular flexibility index (Phi) is 3.50. The van der Waals surface area contributed by atoms with E-state index in [9.17, 15) is 5.11 Å². The maximum absolute atomic E-state index is 10.5. The summed E-state index contributed by atoms with van der Waals surface area (Å²) in [5.41, 5.74) is 1.32. The highest BCUT2D eigenvalue weighted by Crippen LogP contribution is 2.39. The van der Waals surface area contributed by atoms with Gasteiger partial charge >= 0.3 is 0 Å². The zero-order valence-electron chi connectivity index (χ0n) is 14.3. The summed E-state index contributed by atoms with van der Waals surface area (Å²) >= 11 is 0. The Morgan fingerprint density at radius 3 is 2.28 bits per heavy atom. The van der Waals surface area contributed by atoms with Gasteiger partial charge in [0.25, 0.3) is 0 Å². The first-order chi connectivity index (χ1) is 12.3. The van der Waals surface area contributed by atoms with Crippen molar-refractivity contribution in [2.45, 2.75) is 37.7 Å². The van der Waals surface area contributed by atoms with Crippen molar-refractivity contribution in [2.75, 3.05) is 0 Å². The molecule has 1 nitrogen and oxygen atoms in total. The molecule has 2 atom stereocenters. The molecule has 0 aromatic heterocycles. The van der Waals surface area contributed by atoms with Gasteiger partial charge in [0, 0.05) is 5.92 Å². The molecule has 4 aromatic rings. The van der Waals surface area contributed by atoms with Crippen molar-refractivity contribution < 1.29 is 5.11 Å². The standard InChI is InChI=1S/C24H22O/c25-24-11-4-3-8-22(24)19-9-5-10-20-21(19)13-12-18-14-16-6-1-2-7-17(16)15-23(18)20/h1-2,5-7,9-10,12-15,22,24-25H,3-4,8,11H2. The van der Waals surface area contributed by atoms with Crippen LogP contribution in [0.3, 0.4) is 0 Å². The van der Waals surface area contributed by atoms with Gasteiger partial charge in [-0.25, -0.2) is 0 Å². The Morgan fingerprint density at radius 2 is 1.44 bits per heavy atom. The van der Waals surface area contributed by atoms with Crippen LogP contribution < -0.4 is 0 Å². The van der Waals surface area contributed by atoms with Crippen LogP contribution in [0.5, 0.6) is 0 Å². The Labute approximate surface area is 147 Å². The smallest absolute Gasteiger partial charge is 0.0608 e. The fraction of sp³-hybridized carbons (Fsp3) is 0.250. The fourth-order valence-electron chi connectivity index (χ4n) is 4.60. The predicted molar refractivity (Wildman–Crippen MR) is 106 cm³/mol. The number of hydrogen-bond acceptors (Lipinski definition) is 1. The zero-order chi connectivity index (χ0) is 16.8. The normalized spacial score (nSPS) is 21.2. The van der Waals surface area contributed by atoms with Crippen LogP contribution in [-0.4, -0.2) is 11.2 Å². The van der Waals surface area contributed by atoms with Crippen molar-refractivity contribution in [2.24, 2.45) is 0 Å². The van der Waals surface area contributed by atoms with E-state index in [0.717, 1.165) is 19.3 Å². The average Bonchev–Trinajstić information content (AvgIpc) is 2.66. The Bertz CT molecular complexity index is 1080. The molecule has 1 heteroatoms. The summed E-state index contributed by atoms with van der Waals surface area (Å²) in [6.07, 6.45) is 4.19. The van der Waals surface area contributed by atoms with Gasteiger partial charge in [0.1, 0.15) is 0 Å². The van der Waals surface area contributed by atoms with Gasteiger partial charge in [-0.2, -0.15) is 0 Å². The van der Waals surface area contributed by atoms with Crippen LogP contribution in [-0.2, 0) is 0 Å². The third kappa shape index (κ3) is 2.42. The van der Waals surface area contributed by atoms with E-state index in [2.05, 4.69) is 66.7 Å². The SMILES string of the molecule is OC1CCCCC1c1cccc2c1ccc1cc3ccccc3cc12. The number of aliphatic hydroxyl groups is 1. The lowest BCUT2D eigenvalue weighted by Gasteiger charge is -2.29. The quantitative estimate of drug-likeness (QED) is 0.328. The van der Waals surface area contributed by atoms with E-state index in [1.54, 1.807) is 0 Å². The van der Waals surface area contributed by atoms with Crippen LogP contribution in [0.1, 0.15) is 37.2 Å². The van der Waals surface area contributed by atoms with Gasteiger partial charge in [0.05, 0.1) is 6.10 Å². The summed E-state index contributed by atoms with van der Waals surface area (Å²) in [7, 11) is 0. The number of benzene rings is 4. The zero-order valence-corrected chi connectivity index (χ0v) is 14.3. The highest BCUT2D eigenvalue weighted by molar-refractivity contribution is 6.12. The first-order valence-electron chi connectivity index (χ1n) is 9.33. The van der Waals surface area contributed by atoms with E-state index in [-0.39, 0.29) is 12.0 Å². The third-order valence-electron chi connectivity index (χ3n) is 5.91. The molecule has 0 aliphatic heterocycles. The minimum Gasteiger partial charge on any atom is -0.392 e. The average molecular weight is 326 g/mol. The molecular formula is C24H22O. The fourth-order valence-corrected chi connectivity index (χ4v) is 4.60. The lowest BCUT2D eigenvalue weighted by Crippen LogP contribution is -2.22. The van der Waals surface area contributed by atoms with Crippen molar-refractivity contribution in [3.8, 4) is 0 Å². The molecule has 124 valence electrons. The van der Waals surface area contributed by atoms with E-state index in [0.29, 0.717) is 0 Å². The van der Waals surface area contributed by atoms with Gasteiger partial charge in [-0.05, 0) is 62.9 Å². The molecule has 0 saturated heterocycles. The Balaban J connectivity index is 1.79. The number of fused-ring (bicyclic) bond motifs is 4. The molecule has 0 spiro atoms. The van der Waals surface area contributed by atoms with Crippen LogP contribution in [0.2, 0.25) is 0 Å². The molecule has 1 aliphatic carbocycles. The minimum absolute atomic E-state index is 0.202. The molecule has 1 saturated carbocycles. The van der Waals surface area contributed by atoms with Gasteiger partial charge in [-0.1, -0.05) is 67.4 Å². The van der Waals surface area contributed by atoms with Crippen molar-refractivity contribution in [1.82, 2.24) is 0 Å². The van der Waals surface area contributed by atoms with Crippen molar-refractivity contribution in [3.05, 3.63) is 72.3 Å². The van der Waals surface area contributed by atoms with Crippen LogP contribution in [0.25, 0.3) is 32.3 Å². The van der Waals surface area contributed by atoms with E-state index < -0.39 is 0 Å². The second kappa shape index (κ2) is 5.86. The van der Waals surface area contributed by atoms with Gasteiger partial charge in [-0.15, -0.1) is 0 Å². The lowest BCUT2D eigenvalue weighted by atomic mass is 9.79. The summed E-state index contributed by atoms with van der Waals surface area (Å²) in [5.74, 6) is 0.273. The molecule has 1 N–H and O–H groups in total. The molecule has 5 rings (SSSR count). The molecule has 0 heterocycles. The van der Waals surface area contributed by atoms with E-state index in [1.807, 2.05) is 0 Å². The molecule has 1 aliphatic rings. The molecule has 0 radical (unpaired) electrons. The molecule has 4 aromatic carbocycles. The summed E-state index contributed by atoms with van der Waals surface area (Å²) in [5, 5.41) is 18.3. The summed E-state index contributed by atoms with van der Waals surface area (Å²) in [4.78, 5) is 0. The summed E-state index contributed by atoms with van der Waals surface area (Å²) < 4.78 is 0. The molecule has 0 bridgehead atoms. The number of rotatable bonds is 1. The van der Waals surface area contributed by atoms with Crippen molar-refractivity contribution in [3.63, 3.8) is 0 Å². The first-order valence-corrected chi connectivity index (χ1v) is 9.33. The second-order valence-electron chi connectivity index (χ2n) is 7.39. The van der Waals surface area contributed by atoms with Gasteiger partial charge < -0.3 is 5.11 Å². The molecular weight excluding hydrogens is 304 g/mol. The van der Waals surface area contributed by atoms with Crippen LogP contribution in [0.15, 0.2) is 66.7 Å². The van der Waals surface area contributed by atoms with Gasteiger partial charge in [0.15, 0.2) is 0 Å². The summed E-state index contributed by atoms with van der Waals surface area (Å²) in [6.45, 7) is 0. The van der Waals surface area contributed by atoms with Gasteiger partial charge in [-0.3, -0.25) is 0 Å². The minimum atomic E-state index is -0.202. The van der Waals surface area contributed by atoms with Crippen molar-refractivity contribution >= 4 is 32.3 Å². The maximum atomic E-state index is 10.5. The topological polar surface area (TPSA) is 20.2 Å². The highest BCUT2D eigenvalue weighted by Gasteiger charge is 2.25. The molecule has 1 fully saturated rings. The van der Waals surface area contributed by atoms with E-state index in [4.69, 9.17) is 0 Å². The second-order valence-corrected chi connectivity index (χ2v) is 7.39. The lowest BCUT2D eigenvalue weighted by molar-refractivity contribution is 0.107. The highest BCUT2D eigenvalue weighted by atomic mass is 16.3. The molecule has 0 amide bonds. The largest absolute Gasteiger partial charge is 0.392 e. The molecule has 2 unspecified atom stereocenters. The maximum Gasteiger partial charge on any atom is 0.0608 e. The summed E-state index contributed by atoms with van der Waals surface area (Å²) in [6, 6.07) is 24.2. The van der Waals surface area contributed by atoms with E-state index >= 15 is 0 Å². The number of aliphatic hydroxyl groups excluding tert-OH is 1. The first kappa shape index (κ1) is 14.9. The van der Waals surface area contributed by atoms with Crippen molar-refractivity contribution in [1.29, 1.82) is 0 Å². The van der Waals surface area contributed by atoms with Crippen LogP contribution >= 0.6 is 0 Å². The third-order valence-corrected chi connectivity index (χ3v) is 5.91. The Hall–Kier alpha value is -2.38. The van der Waals surface area contributed by atoms with Crippen LogP contribution in [0.4, 0.5) is 0 Å². The monoisotopic (exact) mass is 326 g/mol. The van der Waals surface area contributed by atoms with Crippen LogP contribution in [0, 0.1) is 0 Å². The van der Waals surface area contributed by atoms with E-state index in [1.165, 1.54) is 44.3 Å². The molecule has 25 heavy (non-hydrogen) atoms. The van der Waals surface area contributed by atoms with Gasteiger partial charge in [0.2, 0.25) is 0 Å². The number of hydrogen-bond donors (Lipinski definition) is 1. The predicted octanol–water partition coefficient (Wildman–Crippen LogP) is 6.16. The Morgan fingerprint density at radius 1 is 0.640 bits per heavy atom.